The van der Waals surface area contributed by atoms with Gasteiger partial charge in [-0.15, -0.1) is 0 Å². The first-order chi connectivity index (χ1) is 15.8. The fourth-order valence-electron chi connectivity index (χ4n) is 3.95. The summed E-state index contributed by atoms with van der Waals surface area (Å²) in [5.41, 5.74) is 3.34. The molecule has 176 valence electrons. The summed E-state index contributed by atoms with van der Waals surface area (Å²) in [5, 5.41) is 11.2. The zero-order valence-corrected chi connectivity index (χ0v) is 20.1. The molecule has 1 aliphatic heterocycles. The maximum absolute atomic E-state index is 13.1. The van der Waals surface area contributed by atoms with E-state index in [9.17, 15) is 14.7 Å². The van der Waals surface area contributed by atoms with Crippen LogP contribution in [0.4, 0.5) is 0 Å². The van der Waals surface area contributed by atoms with Gasteiger partial charge in [0.05, 0.1) is 24.8 Å². The molecule has 6 nitrogen and oxygen atoms in total. The van der Waals surface area contributed by atoms with Gasteiger partial charge in [-0.05, 0) is 54.2 Å². The minimum atomic E-state index is -0.689. The Balaban J connectivity index is 2.06. The van der Waals surface area contributed by atoms with Crippen LogP contribution in [0.25, 0.3) is 5.76 Å². The number of ether oxygens (including phenoxy) is 2. The van der Waals surface area contributed by atoms with Crippen molar-refractivity contribution in [2.24, 2.45) is 5.92 Å². The van der Waals surface area contributed by atoms with Crippen molar-refractivity contribution in [1.82, 2.24) is 4.90 Å². The van der Waals surface area contributed by atoms with Gasteiger partial charge >= 0.3 is 0 Å². The first-order valence-corrected chi connectivity index (χ1v) is 11.4. The molecule has 1 N–H and O–H groups in total. The van der Waals surface area contributed by atoms with E-state index in [4.69, 9.17) is 9.47 Å². The van der Waals surface area contributed by atoms with Crippen LogP contribution in [0, 0.1) is 12.8 Å². The van der Waals surface area contributed by atoms with Gasteiger partial charge in [0.15, 0.2) is 0 Å². The van der Waals surface area contributed by atoms with Gasteiger partial charge in [0, 0.05) is 19.2 Å². The van der Waals surface area contributed by atoms with Gasteiger partial charge in [0.25, 0.3) is 11.7 Å². The molecule has 0 unspecified atom stereocenters. The second-order valence-electron chi connectivity index (χ2n) is 8.77. The summed E-state index contributed by atoms with van der Waals surface area (Å²) in [4.78, 5) is 27.4. The van der Waals surface area contributed by atoms with E-state index >= 15 is 0 Å². The maximum atomic E-state index is 13.1. The lowest BCUT2D eigenvalue weighted by Gasteiger charge is -2.25. The van der Waals surface area contributed by atoms with Crippen molar-refractivity contribution >= 4 is 17.4 Å². The summed E-state index contributed by atoms with van der Waals surface area (Å²) in [5.74, 6) is -0.388. The Hall–Kier alpha value is -3.12. The maximum Gasteiger partial charge on any atom is 0.295 e. The highest BCUT2D eigenvalue weighted by Crippen LogP contribution is 2.39. The van der Waals surface area contributed by atoms with E-state index in [1.165, 1.54) is 4.90 Å². The number of carbonyl (C=O) groups is 2. The van der Waals surface area contributed by atoms with Gasteiger partial charge in [-0.25, -0.2) is 0 Å². The largest absolute Gasteiger partial charge is 0.507 e. The Morgan fingerprint density at radius 3 is 2.39 bits per heavy atom. The number of carbonyl (C=O) groups excluding carboxylic acids is 2. The average Bonchev–Trinajstić information content (AvgIpc) is 3.06. The predicted octanol–water partition coefficient (Wildman–Crippen LogP) is 4.66. The number of Topliss-reactive ketones (excluding diaryl/α,β-unsaturated/α-hetero) is 1. The van der Waals surface area contributed by atoms with Crippen molar-refractivity contribution in [3.05, 3.63) is 70.3 Å². The van der Waals surface area contributed by atoms with Crippen LogP contribution in [0.1, 0.15) is 49.1 Å². The molecule has 0 saturated carbocycles. The Labute approximate surface area is 195 Å². The van der Waals surface area contributed by atoms with Crippen molar-refractivity contribution in [2.75, 3.05) is 26.9 Å². The lowest BCUT2D eigenvalue weighted by Crippen LogP contribution is -2.32. The number of ketones is 1. The van der Waals surface area contributed by atoms with E-state index in [-0.39, 0.29) is 24.5 Å². The number of aryl methyl sites for hydroxylation is 2. The zero-order valence-electron chi connectivity index (χ0n) is 20.1. The molecule has 0 aromatic heterocycles. The number of hydrogen-bond donors (Lipinski definition) is 1. The first kappa shape index (κ1) is 24.5. The smallest absolute Gasteiger partial charge is 0.295 e. The van der Waals surface area contributed by atoms with Crippen molar-refractivity contribution in [1.29, 1.82) is 0 Å². The molecule has 2 aromatic rings. The van der Waals surface area contributed by atoms with Crippen molar-refractivity contribution in [3.63, 3.8) is 0 Å². The zero-order chi connectivity index (χ0) is 24.1. The van der Waals surface area contributed by atoms with E-state index in [2.05, 4.69) is 20.8 Å². The molecule has 1 amide bonds. The summed E-state index contributed by atoms with van der Waals surface area (Å²) < 4.78 is 11.0. The number of benzene rings is 2. The molecule has 1 aliphatic rings. The quantitative estimate of drug-likeness (QED) is 0.341. The highest BCUT2D eigenvalue weighted by atomic mass is 16.5. The second-order valence-corrected chi connectivity index (χ2v) is 8.77. The standard InChI is InChI=1S/C27H33NO5/c1-6-19-7-9-20(10-8-19)24-23(26(30)27(31)28(24)13-14-32-5)25(29)21-11-12-22(18(4)15-21)33-16-17(2)3/h7-12,15,17,24,29H,6,13-14,16H2,1-5H3/b25-23+/t24-/m0/s1. The molecule has 0 spiro atoms. The number of hydrogen-bond acceptors (Lipinski definition) is 5. The SMILES string of the molecule is CCc1ccc([C@H]2/C(=C(\O)c3ccc(OCC(C)C)c(C)c3)C(=O)C(=O)N2CCOC)cc1. The lowest BCUT2D eigenvalue weighted by molar-refractivity contribution is -0.140. The Kier molecular flexibility index (Phi) is 7.92. The molecule has 0 radical (unpaired) electrons. The Morgan fingerprint density at radius 1 is 1.12 bits per heavy atom. The number of aliphatic hydroxyl groups excluding tert-OH is 1. The average molecular weight is 452 g/mol. The van der Waals surface area contributed by atoms with Gasteiger partial charge in [-0.3, -0.25) is 9.59 Å². The molecule has 2 aromatic carbocycles. The number of likely N-dealkylation sites (tertiary alicyclic amines) is 1. The molecule has 33 heavy (non-hydrogen) atoms. The summed E-state index contributed by atoms with van der Waals surface area (Å²) in [6.45, 7) is 9.23. The molecule has 1 fully saturated rings. The van der Waals surface area contributed by atoms with Crippen LogP contribution >= 0.6 is 0 Å². The molecular formula is C27H33NO5. The fraction of sp³-hybridized carbons (Fsp3) is 0.407. The lowest BCUT2D eigenvalue weighted by atomic mass is 9.94. The Bertz CT molecular complexity index is 1040. The number of nitrogens with zero attached hydrogens (tertiary/aromatic N) is 1. The topological polar surface area (TPSA) is 76.1 Å². The van der Waals surface area contributed by atoms with Gasteiger partial charge in [-0.1, -0.05) is 45.0 Å². The van der Waals surface area contributed by atoms with E-state index in [0.717, 1.165) is 28.9 Å². The van der Waals surface area contributed by atoms with Crippen LogP contribution in [0.2, 0.25) is 0 Å². The molecular weight excluding hydrogens is 418 g/mol. The van der Waals surface area contributed by atoms with Crippen LogP contribution in [-0.4, -0.2) is 48.6 Å². The summed E-state index contributed by atoms with van der Waals surface area (Å²) in [6.07, 6.45) is 0.884. The first-order valence-electron chi connectivity index (χ1n) is 11.4. The van der Waals surface area contributed by atoms with Crippen LogP contribution in [-0.2, 0) is 20.7 Å². The number of rotatable bonds is 9. The van der Waals surface area contributed by atoms with Gasteiger partial charge in [-0.2, -0.15) is 0 Å². The van der Waals surface area contributed by atoms with Crippen molar-refractivity contribution in [3.8, 4) is 5.75 Å². The van der Waals surface area contributed by atoms with Crippen LogP contribution < -0.4 is 4.74 Å². The highest BCUT2D eigenvalue weighted by molar-refractivity contribution is 6.46. The van der Waals surface area contributed by atoms with Crippen LogP contribution in [0.3, 0.4) is 0 Å². The van der Waals surface area contributed by atoms with Gasteiger partial charge < -0.3 is 19.5 Å². The third-order valence-corrected chi connectivity index (χ3v) is 5.80. The normalized spacial score (nSPS) is 17.8. The van der Waals surface area contributed by atoms with Gasteiger partial charge in [0.2, 0.25) is 0 Å². The minimum absolute atomic E-state index is 0.0931. The molecule has 1 saturated heterocycles. The van der Waals surface area contributed by atoms with Crippen molar-refractivity contribution < 1.29 is 24.2 Å². The third kappa shape index (κ3) is 5.28. The summed E-state index contributed by atoms with van der Waals surface area (Å²) >= 11 is 0. The molecule has 3 rings (SSSR count). The molecule has 1 heterocycles. The third-order valence-electron chi connectivity index (χ3n) is 5.80. The fourth-order valence-corrected chi connectivity index (χ4v) is 3.95. The second kappa shape index (κ2) is 10.7. The van der Waals surface area contributed by atoms with E-state index in [1.807, 2.05) is 31.2 Å². The molecule has 6 heteroatoms. The van der Waals surface area contributed by atoms with Crippen LogP contribution in [0.5, 0.6) is 5.75 Å². The predicted molar refractivity (Wildman–Crippen MR) is 128 cm³/mol. The number of amides is 1. The summed E-state index contributed by atoms with van der Waals surface area (Å²) in [7, 11) is 1.55. The highest BCUT2D eigenvalue weighted by Gasteiger charge is 2.45. The molecule has 0 aliphatic carbocycles. The summed E-state index contributed by atoms with van der Waals surface area (Å²) in [6, 6.07) is 12.4. The van der Waals surface area contributed by atoms with E-state index in [0.29, 0.717) is 18.1 Å². The molecule has 1 atom stereocenters. The van der Waals surface area contributed by atoms with Crippen molar-refractivity contribution in [2.45, 2.75) is 40.2 Å². The monoisotopic (exact) mass is 451 g/mol. The number of aliphatic hydroxyl groups is 1. The van der Waals surface area contributed by atoms with E-state index < -0.39 is 17.7 Å². The minimum Gasteiger partial charge on any atom is -0.507 e. The van der Waals surface area contributed by atoms with Crippen LogP contribution in [0.15, 0.2) is 48.0 Å². The van der Waals surface area contributed by atoms with Gasteiger partial charge in [0.1, 0.15) is 11.5 Å². The molecule has 0 bridgehead atoms. The number of methoxy groups -OCH3 is 1. The Morgan fingerprint density at radius 2 is 1.82 bits per heavy atom. The van der Waals surface area contributed by atoms with E-state index in [1.54, 1.807) is 25.3 Å².